The second kappa shape index (κ2) is 4.07. The molecule has 0 amide bonds. The lowest BCUT2D eigenvalue weighted by atomic mass is 10.2. The number of nitrogens with two attached hydrogens (primary N) is 1. The van der Waals surface area contributed by atoms with E-state index in [0.717, 1.165) is 13.2 Å². The monoisotopic (exact) mass is 218 g/mol. The number of carboxylic acid groups (broad SMARTS) is 1. The first kappa shape index (κ1) is 11.2. The summed E-state index contributed by atoms with van der Waals surface area (Å²) in [5.41, 5.74) is 4.20. The number of hydrogen-bond donors (Lipinski definition) is 2. The van der Waals surface area contributed by atoms with Gasteiger partial charge in [0.05, 0.1) is 7.11 Å². The Morgan fingerprint density at radius 1 is 1.67 bits per heavy atom. The summed E-state index contributed by atoms with van der Waals surface area (Å²) in [6, 6.07) is 0.852. The van der Waals surface area contributed by atoms with Gasteiger partial charge in [-0.15, -0.1) is 0 Å². The van der Waals surface area contributed by atoms with Crippen LogP contribution >= 0.6 is 0 Å². The first-order valence-electron chi connectivity index (χ1n) is 3.83. The molecule has 82 valence electrons. The average Bonchev–Trinajstić information content (AvgIpc) is 2.15. The minimum absolute atomic E-state index is 0.231. The molecule has 0 fully saturated rings. The van der Waals surface area contributed by atoms with Gasteiger partial charge in [0, 0.05) is 6.07 Å². The van der Waals surface area contributed by atoms with E-state index in [9.17, 15) is 13.6 Å². The molecule has 1 rings (SSSR count). The van der Waals surface area contributed by atoms with Crippen molar-refractivity contribution in [3.63, 3.8) is 0 Å². The molecule has 15 heavy (non-hydrogen) atoms. The number of rotatable bonds is 3. The number of anilines is 1. The van der Waals surface area contributed by atoms with Gasteiger partial charge in [-0.3, -0.25) is 0 Å². The van der Waals surface area contributed by atoms with E-state index in [-0.39, 0.29) is 5.75 Å². The van der Waals surface area contributed by atoms with E-state index in [1.54, 1.807) is 0 Å². The molecule has 7 heteroatoms. The topological polar surface area (TPSA) is 85.4 Å². The highest BCUT2D eigenvalue weighted by Gasteiger charge is 2.20. The first-order valence-corrected chi connectivity index (χ1v) is 3.83. The van der Waals surface area contributed by atoms with Gasteiger partial charge in [0.25, 0.3) is 6.43 Å². The Balaban J connectivity index is 3.37. The zero-order valence-corrected chi connectivity index (χ0v) is 7.70. The standard InChI is InChI=1S/C8H8F2N2O3/c1-15-4-2-3(6(9)10)12-7(11)5(4)8(13)14/h2,6H,1H3,(H2,11,12)(H,13,14). The molecule has 5 nitrogen and oxygen atoms in total. The molecular formula is C8H8F2N2O3. The number of ether oxygens (including phenoxy) is 1. The fourth-order valence-corrected chi connectivity index (χ4v) is 1.05. The van der Waals surface area contributed by atoms with Gasteiger partial charge in [0.15, 0.2) is 0 Å². The number of alkyl halides is 2. The molecule has 1 heterocycles. The third-order valence-electron chi connectivity index (χ3n) is 1.69. The summed E-state index contributed by atoms with van der Waals surface area (Å²) in [7, 11) is 1.16. The van der Waals surface area contributed by atoms with E-state index in [1.165, 1.54) is 0 Å². The molecular weight excluding hydrogens is 210 g/mol. The SMILES string of the molecule is COc1cc(C(F)F)nc(N)c1C(=O)O. The molecule has 0 unspecified atom stereocenters. The molecule has 3 N–H and O–H groups in total. The van der Waals surface area contributed by atoms with Gasteiger partial charge < -0.3 is 15.6 Å². The van der Waals surface area contributed by atoms with Crippen LogP contribution in [0.25, 0.3) is 0 Å². The van der Waals surface area contributed by atoms with E-state index in [1.807, 2.05) is 0 Å². The maximum atomic E-state index is 12.3. The number of pyridine rings is 1. The van der Waals surface area contributed by atoms with Crippen LogP contribution in [-0.4, -0.2) is 23.2 Å². The van der Waals surface area contributed by atoms with Crippen molar-refractivity contribution in [1.82, 2.24) is 4.98 Å². The lowest BCUT2D eigenvalue weighted by molar-refractivity contribution is 0.0693. The van der Waals surface area contributed by atoms with Gasteiger partial charge in [-0.25, -0.2) is 18.6 Å². The van der Waals surface area contributed by atoms with Crippen molar-refractivity contribution in [2.24, 2.45) is 0 Å². The highest BCUT2D eigenvalue weighted by molar-refractivity contribution is 5.95. The quantitative estimate of drug-likeness (QED) is 0.798. The molecule has 0 atom stereocenters. The van der Waals surface area contributed by atoms with Gasteiger partial charge in [0.2, 0.25) is 0 Å². The number of methoxy groups -OCH3 is 1. The molecule has 1 aromatic heterocycles. The summed E-state index contributed by atoms with van der Waals surface area (Å²) >= 11 is 0. The van der Waals surface area contributed by atoms with E-state index < -0.39 is 29.5 Å². The maximum Gasteiger partial charge on any atom is 0.343 e. The maximum absolute atomic E-state index is 12.3. The van der Waals surface area contributed by atoms with Crippen LogP contribution in [0.4, 0.5) is 14.6 Å². The highest BCUT2D eigenvalue weighted by Crippen LogP contribution is 2.28. The van der Waals surface area contributed by atoms with Crippen LogP contribution in [0.5, 0.6) is 5.75 Å². The predicted octanol–water partition coefficient (Wildman–Crippen LogP) is 1.31. The van der Waals surface area contributed by atoms with Crippen LogP contribution in [0.15, 0.2) is 6.07 Å². The lowest BCUT2D eigenvalue weighted by Gasteiger charge is -2.09. The zero-order valence-electron chi connectivity index (χ0n) is 7.70. The smallest absolute Gasteiger partial charge is 0.343 e. The molecule has 1 aromatic rings. The number of hydrogen-bond acceptors (Lipinski definition) is 4. The molecule has 0 aliphatic rings. The fourth-order valence-electron chi connectivity index (χ4n) is 1.05. The van der Waals surface area contributed by atoms with Gasteiger partial charge in [-0.2, -0.15) is 0 Å². The number of aromatic carboxylic acids is 1. The molecule has 0 aliphatic carbocycles. The minimum atomic E-state index is -2.83. The van der Waals surface area contributed by atoms with E-state index in [0.29, 0.717) is 0 Å². The Labute approximate surface area is 83.5 Å². The second-order valence-electron chi connectivity index (χ2n) is 2.62. The molecule has 0 aromatic carbocycles. The Bertz CT molecular complexity index is 396. The Kier molecular flexibility index (Phi) is 3.03. The van der Waals surface area contributed by atoms with Crippen LogP contribution in [0.2, 0.25) is 0 Å². The summed E-state index contributed by atoms with van der Waals surface area (Å²) in [5.74, 6) is -2.10. The van der Waals surface area contributed by atoms with Crippen LogP contribution in [0.1, 0.15) is 22.5 Å². The van der Waals surface area contributed by atoms with E-state index >= 15 is 0 Å². The molecule has 0 aliphatic heterocycles. The predicted molar refractivity (Wildman–Crippen MR) is 47.1 cm³/mol. The van der Waals surface area contributed by atoms with Crippen LogP contribution < -0.4 is 10.5 Å². The average molecular weight is 218 g/mol. The molecule has 0 radical (unpaired) electrons. The van der Waals surface area contributed by atoms with Crippen molar-refractivity contribution in [2.45, 2.75) is 6.43 Å². The van der Waals surface area contributed by atoms with Crippen LogP contribution in [0, 0.1) is 0 Å². The van der Waals surface area contributed by atoms with Gasteiger partial charge in [0.1, 0.15) is 22.8 Å². The third-order valence-corrected chi connectivity index (χ3v) is 1.69. The zero-order chi connectivity index (χ0) is 11.6. The molecule has 0 bridgehead atoms. The highest BCUT2D eigenvalue weighted by atomic mass is 19.3. The second-order valence-corrected chi connectivity index (χ2v) is 2.62. The fraction of sp³-hybridized carbons (Fsp3) is 0.250. The Morgan fingerprint density at radius 3 is 2.67 bits per heavy atom. The van der Waals surface area contributed by atoms with Crippen molar-refractivity contribution in [2.75, 3.05) is 12.8 Å². The number of carboxylic acids is 1. The summed E-state index contributed by atoms with van der Waals surface area (Å²) < 4.78 is 29.2. The van der Waals surface area contributed by atoms with Crippen LogP contribution in [0.3, 0.4) is 0 Å². The van der Waals surface area contributed by atoms with Gasteiger partial charge in [-0.1, -0.05) is 0 Å². The van der Waals surface area contributed by atoms with Crippen molar-refractivity contribution in [1.29, 1.82) is 0 Å². The number of halogens is 2. The first-order chi connectivity index (χ1) is 6.97. The number of nitrogens with zero attached hydrogens (tertiary/aromatic N) is 1. The summed E-state index contributed by atoms with van der Waals surface area (Å²) in [5, 5.41) is 8.72. The molecule has 0 saturated carbocycles. The lowest BCUT2D eigenvalue weighted by Crippen LogP contribution is -2.09. The Morgan fingerprint density at radius 2 is 2.27 bits per heavy atom. The van der Waals surface area contributed by atoms with Crippen molar-refractivity contribution in [3.8, 4) is 5.75 Å². The number of carbonyl (C=O) groups is 1. The normalized spacial score (nSPS) is 10.4. The van der Waals surface area contributed by atoms with E-state index in [2.05, 4.69) is 9.72 Å². The Hall–Kier alpha value is -1.92. The summed E-state index contributed by atoms with van der Waals surface area (Å²) in [6.07, 6.45) is -2.83. The number of aromatic nitrogens is 1. The largest absolute Gasteiger partial charge is 0.496 e. The number of nitrogen functional groups attached to an aromatic ring is 1. The molecule has 0 saturated heterocycles. The minimum Gasteiger partial charge on any atom is -0.496 e. The van der Waals surface area contributed by atoms with Crippen molar-refractivity contribution < 1.29 is 23.4 Å². The summed E-state index contributed by atoms with van der Waals surface area (Å²) in [6.45, 7) is 0. The third kappa shape index (κ3) is 2.12. The van der Waals surface area contributed by atoms with E-state index in [4.69, 9.17) is 10.8 Å². The van der Waals surface area contributed by atoms with Crippen molar-refractivity contribution in [3.05, 3.63) is 17.3 Å². The van der Waals surface area contributed by atoms with Crippen molar-refractivity contribution >= 4 is 11.8 Å². The van der Waals surface area contributed by atoms with Gasteiger partial charge >= 0.3 is 5.97 Å². The van der Waals surface area contributed by atoms with Gasteiger partial charge in [-0.05, 0) is 0 Å². The summed E-state index contributed by atoms with van der Waals surface area (Å²) in [4.78, 5) is 14.0. The van der Waals surface area contributed by atoms with Crippen LogP contribution in [-0.2, 0) is 0 Å². The molecule has 0 spiro atoms.